The lowest BCUT2D eigenvalue weighted by molar-refractivity contribution is -0.119. The topological polar surface area (TPSA) is 80.5 Å². The number of nitrogens with one attached hydrogen (secondary N) is 1. The van der Waals surface area contributed by atoms with Crippen LogP contribution in [-0.4, -0.2) is 48.6 Å². The smallest absolute Gasteiger partial charge is 0.233 e. The molecule has 6 nitrogen and oxygen atoms in total. The molecule has 0 aromatic carbocycles. The van der Waals surface area contributed by atoms with Gasteiger partial charge >= 0.3 is 0 Å². The van der Waals surface area contributed by atoms with E-state index in [0.29, 0.717) is 19.0 Å². The third-order valence-electron chi connectivity index (χ3n) is 3.75. The molecule has 23 heavy (non-hydrogen) atoms. The number of carbonyl (C=O) groups excluding carboxylic acids is 1. The summed E-state index contributed by atoms with van der Waals surface area (Å²) in [6.07, 6.45) is 9.42. The van der Waals surface area contributed by atoms with Crippen LogP contribution in [0.4, 0.5) is 0 Å². The van der Waals surface area contributed by atoms with Gasteiger partial charge < -0.3 is 15.8 Å². The lowest BCUT2D eigenvalue weighted by Gasteiger charge is -2.26. The zero-order valence-electron chi connectivity index (χ0n) is 13.5. The standard InChI is InChI=1S/C17H26N4O2/c18-13-16(22)19-7-2-5-11-23-17-12-15(6-8-20-17)14-21-9-3-1-4-10-21/h2,5-6,8,12H,1,3-4,7,9-11,13-14,18H2,(H,19,22)/b5-2-. The van der Waals surface area contributed by atoms with Crippen molar-refractivity contribution in [1.29, 1.82) is 0 Å². The Balaban J connectivity index is 1.71. The Morgan fingerprint density at radius 2 is 2.17 bits per heavy atom. The van der Waals surface area contributed by atoms with E-state index in [1.54, 1.807) is 6.20 Å². The quantitative estimate of drug-likeness (QED) is 0.701. The number of nitrogens with two attached hydrogens (primary N) is 1. The summed E-state index contributed by atoms with van der Waals surface area (Å²) in [4.78, 5) is 17.7. The number of nitrogens with zero attached hydrogens (tertiary/aromatic N) is 2. The summed E-state index contributed by atoms with van der Waals surface area (Å²) in [5, 5.41) is 2.66. The van der Waals surface area contributed by atoms with Crippen LogP contribution in [0, 0.1) is 0 Å². The van der Waals surface area contributed by atoms with Crippen molar-refractivity contribution in [3.8, 4) is 5.88 Å². The fourth-order valence-corrected chi connectivity index (χ4v) is 2.53. The highest BCUT2D eigenvalue weighted by Crippen LogP contribution is 2.15. The number of hydrogen-bond donors (Lipinski definition) is 2. The van der Waals surface area contributed by atoms with Crippen molar-refractivity contribution in [3.05, 3.63) is 36.0 Å². The highest BCUT2D eigenvalue weighted by Gasteiger charge is 2.10. The molecule has 0 aliphatic carbocycles. The molecule has 0 radical (unpaired) electrons. The van der Waals surface area contributed by atoms with E-state index in [4.69, 9.17) is 10.5 Å². The van der Waals surface area contributed by atoms with Crippen molar-refractivity contribution in [2.75, 3.05) is 32.8 Å². The summed E-state index contributed by atoms with van der Waals surface area (Å²) >= 11 is 0. The van der Waals surface area contributed by atoms with E-state index >= 15 is 0 Å². The van der Waals surface area contributed by atoms with E-state index in [2.05, 4.69) is 15.2 Å². The van der Waals surface area contributed by atoms with Gasteiger partial charge in [0.25, 0.3) is 0 Å². The fourth-order valence-electron chi connectivity index (χ4n) is 2.53. The zero-order valence-corrected chi connectivity index (χ0v) is 13.5. The van der Waals surface area contributed by atoms with Gasteiger partial charge in [-0.05, 0) is 43.6 Å². The maximum atomic E-state index is 11.0. The molecule has 6 heteroatoms. The molecule has 1 aromatic rings. The van der Waals surface area contributed by atoms with Crippen LogP contribution in [0.3, 0.4) is 0 Å². The first-order valence-corrected chi connectivity index (χ1v) is 8.20. The molecule has 0 unspecified atom stereocenters. The largest absolute Gasteiger partial charge is 0.473 e. The number of ether oxygens (including phenoxy) is 1. The van der Waals surface area contributed by atoms with Crippen molar-refractivity contribution >= 4 is 5.91 Å². The van der Waals surface area contributed by atoms with Crippen LogP contribution < -0.4 is 15.8 Å². The third-order valence-corrected chi connectivity index (χ3v) is 3.75. The SMILES string of the molecule is NCC(=O)NC/C=C\COc1cc(CN2CCCCC2)ccn1. The normalized spacial score (nSPS) is 15.7. The number of amides is 1. The molecule has 1 aromatic heterocycles. The van der Waals surface area contributed by atoms with E-state index < -0.39 is 0 Å². The van der Waals surface area contributed by atoms with Crippen molar-refractivity contribution in [2.24, 2.45) is 5.73 Å². The van der Waals surface area contributed by atoms with Gasteiger partial charge in [0.1, 0.15) is 6.61 Å². The summed E-state index contributed by atoms with van der Waals surface area (Å²) in [6, 6.07) is 4.04. The van der Waals surface area contributed by atoms with Gasteiger partial charge in [-0.2, -0.15) is 0 Å². The van der Waals surface area contributed by atoms with Crippen LogP contribution in [0.25, 0.3) is 0 Å². The molecular weight excluding hydrogens is 292 g/mol. The van der Waals surface area contributed by atoms with Crippen molar-refractivity contribution in [2.45, 2.75) is 25.8 Å². The maximum Gasteiger partial charge on any atom is 0.233 e. The minimum Gasteiger partial charge on any atom is -0.473 e. The van der Waals surface area contributed by atoms with Crippen molar-refractivity contribution < 1.29 is 9.53 Å². The van der Waals surface area contributed by atoms with Crippen molar-refractivity contribution in [1.82, 2.24) is 15.2 Å². The molecule has 0 spiro atoms. The van der Waals surface area contributed by atoms with E-state index in [-0.39, 0.29) is 12.5 Å². The van der Waals surface area contributed by atoms with E-state index in [9.17, 15) is 4.79 Å². The van der Waals surface area contributed by atoms with Gasteiger partial charge in [-0.3, -0.25) is 9.69 Å². The molecule has 1 aliphatic rings. The second-order valence-corrected chi connectivity index (χ2v) is 5.63. The van der Waals surface area contributed by atoms with Crippen LogP contribution in [0.5, 0.6) is 5.88 Å². The van der Waals surface area contributed by atoms with Gasteiger partial charge in [-0.25, -0.2) is 4.98 Å². The number of hydrogen-bond acceptors (Lipinski definition) is 5. The van der Waals surface area contributed by atoms with Gasteiger partial charge in [-0.15, -0.1) is 0 Å². The second kappa shape index (κ2) is 9.97. The molecule has 0 saturated carbocycles. The minimum absolute atomic E-state index is 0.0120. The predicted molar refractivity (Wildman–Crippen MR) is 90.1 cm³/mol. The number of piperidine rings is 1. The molecule has 1 fully saturated rings. The minimum atomic E-state index is -0.164. The highest BCUT2D eigenvalue weighted by molar-refractivity contribution is 5.77. The van der Waals surface area contributed by atoms with Crippen LogP contribution in [0.1, 0.15) is 24.8 Å². The average molecular weight is 318 g/mol. The lowest BCUT2D eigenvalue weighted by atomic mass is 10.1. The monoisotopic (exact) mass is 318 g/mol. The number of rotatable bonds is 8. The second-order valence-electron chi connectivity index (χ2n) is 5.63. The van der Waals surface area contributed by atoms with Crippen LogP contribution in [0.2, 0.25) is 0 Å². The van der Waals surface area contributed by atoms with Crippen molar-refractivity contribution in [3.63, 3.8) is 0 Å². The summed E-state index contributed by atoms with van der Waals surface area (Å²) in [6.45, 7) is 4.21. The van der Waals surface area contributed by atoms with Crippen LogP contribution in [0.15, 0.2) is 30.5 Å². The third kappa shape index (κ3) is 6.80. The Hall–Kier alpha value is -1.92. The molecule has 1 amide bonds. The predicted octanol–water partition coefficient (Wildman–Crippen LogP) is 1.08. The Bertz CT molecular complexity index is 513. The molecule has 1 aliphatic heterocycles. The molecule has 2 rings (SSSR count). The Morgan fingerprint density at radius 1 is 1.35 bits per heavy atom. The Morgan fingerprint density at radius 3 is 2.96 bits per heavy atom. The summed E-state index contributed by atoms with van der Waals surface area (Å²) < 4.78 is 5.62. The van der Waals surface area contributed by atoms with Gasteiger partial charge in [-0.1, -0.05) is 12.5 Å². The van der Waals surface area contributed by atoms with E-state index in [1.165, 1.54) is 37.9 Å². The van der Waals surface area contributed by atoms with E-state index in [0.717, 1.165) is 6.54 Å². The fraction of sp³-hybridized carbons (Fsp3) is 0.529. The lowest BCUT2D eigenvalue weighted by Crippen LogP contribution is -2.30. The Kier molecular flexibility index (Phi) is 7.56. The molecule has 3 N–H and O–H groups in total. The molecule has 126 valence electrons. The number of pyridine rings is 1. The molecule has 2 heterocycles. The van der Waals surface area contributed by atoms with E-state index in [1.807, 2.05) is 24.3 Å². The Labute approximate surface area is 137 Å². The highest BCUT2D eigenvalue weighted by atomic mass is 16.5. The number of carbonyl (C=O) groups is 1. The van der Waals surface area contributed by atoms with Gasteiger partial charge in [0, 0.05) is 25.4 Å². The first kappa shape index (κ1) is 17.4. The first-order chi connectivity index (χ1) is 11.3. The molecule has 0 atom stereocenters. The first-order valence-electron chi connectivity index (χ1n) is 8.20. The number of likely N-dealkylation sites (tertiary alicyclic amines) is 1. The number of aromatic nitrogens is 1. The van der Waals surface area contributed by atoms with Gasteiger partial charge in [0.15, 0.2) is 0 Å². The maximum absolute atomic E-state index is 11.0. The zero-order chi connectivity index (χ0) is 16.3. The summed E-state index contributed by atoms with van der Waals surface area (Å²) in [5.74, 6) is 0.470. The molecular formula is C17H26N4O2. The summed E-state index contributed by atoms with van der Waals surface area (Å²) in [5.41, 5.74) is 6.43. The van der Waals surface area contributed by atoms with Crippen LogP contribution in [-0.2, 0) is 11.3 Å². The van der Waals surface area contributed by atoms with Crippen LogP contribution >= 0.6 is 0 Å². The molecule has 0 bridgehead atoms. The van der Waals surface area contributed by atoms with Gasteiger partial charge in [0.05, 0.1) is 6.54 Å². The molecule has 1 saturated heterocycles. The van der Waals surface area contributed by atoms with Gasteiger partial charge in [0.2, 0.25) is 11.8 Å². The summed E-state index contributed by atoms with van der Waals surface area (Å²) in [7, 11) is 0. The average Bonchev–Trinajstić information content (AvgIpc) is 2.59.